The van der Waals surface area contributed by atoms with Gasteiger partial charge in [-0.3, -0.25) is 9.69 Å². The Morgan fingerprint density at radius 3 is 2.92 bits per heavy atom. The van der Waals surface area contributed by atoms with Crippen molar-refractivity contribution in [3.05, 3.63) is 53.7 Å². The van der Waals surface area contributed by atoms with Crippen LogP contribution < -0.4 is 0 Å². The van der Waals surface area contributed by atoms with Crippen LogP contribution in [0.4, 0.5) is 0 Å². The summed E-state index contributed by atoms with van der Waals surface area (Å²) in [5.41, 5.74) is 2.82. The molecular formula is C20H24N4O. The summed E-state index contributed by atoms with van der Waals surface area (Å²) in [7, 11) is 2.04. The molecule has 4 rings (SSSR count). The zero-order chi connectivity index (χ0) is 17.6. The van der Waals surface area contributed by atoms with Gasteiger partial charge in [0.15, 0.2) is 5.78 Å². The molecule has 1 saturated heterocycles. The SMILES string of the molecule is Cc1[nH]c2ccccc2c1C(=O)C(C)N1CCC(c2nccn2C)C1. The number of ketones is 1. The lowest BCUT2D eigenvalue weighted by Gasteiger charge is -2.23. The molecule has 1 aromatic carbocycles. The average molecular weight is 336 g/mol. The number of imidazole rings is 1. The number of carbonyl (C=O) groups is 1. The average Bonchev–Trinajstić information content (AvgIpc) is 3.30. The summed E-state index contributed by atoms with van der Waals surface area (Å²) in [6.07, 6.45) is 4.89. The topological polar surface area (TPSA) is 53.9 Å². The van der Waals surface area contributed by atoms with Gasteiger partial charge in [-0.1, -0.05) is 18.2 Å². The maximum Gasteiger partial charge on any atom is 0.182 e. The molecule has 3 aromatic rings. The normalized spacial score (nSPS) is 19.6. The third-order valence-corrected chi connectivity index (χ3v) is 5.51. The van der Waals surface area contributed by atoms with E-state index in [0.29, 0.717) is 5.92 Å². The molecule has 5 nitrogen and oxygen atoms in total. The number of aromatic nitrogens is 3. The van der Waals surface area contributed by atoms with Crippen molar-refractivity contribution in [2.75, 3.05) is 13.1 Å². The van der Waals surface area contributed by atoms with Crippen LogP contribution in [0.2, 0.25) is 0 Å². The molecule has 5 heteroatoms. The minimum Gasteiger partial charge on any atom is -0.358 e. The predicted molar refractivity (Wildman–Crippen MR) is 99.0 cm³/mol. The van der Waals surface area contributed by atoms with Gasteiger partial charge in [0.2, 0.25) is 0 Å². The fourth-order valence-corrected chi connectivity index (χ4v) is 4.09. The highest BCUT2D eigenvalue weighted by atomic mass is 16.1. The number of H-pyrrole nitrogens is 1. The summed E-state index contributed by atoms with van der Waals surface area (Å²) < 4.78 is 2.09. The van der Waals surface area contributed by atoms with Gasteiger partial charge in [-0.15, -0.1) is 0 Å². The van der Waals surface area contributed by atoms with Crippen LogP contribution in [0.5, 0.6) is 0 Å². The second-order valence-electron chi connectivity index (χ2n) is 7.09. The maximum absolute atomic E-state index is 13.2. The number of rotatable bonds is 4. The van der Waals surface area contributed by atoms with E-state index in [1.54, 1.807) is 0 Å². The lowest BCUT2D eigenvalue weighted by atomic mass is 10.0. The van der Waals surface area contributed by atoms with Crippen LogP contribution in [-0.2, 0) is 7.05 Å². The zero-order valence-electron chi connectivity index (χ0n) is 15.0. The Morgan fingerprint density at radius 1 is 1.36 bits per heavy atom. The summed E-state index contributed by atoms with van der Waals surface area (Å²) in [4.78, 5) is 23.3. The number of hydrogen-bond donors (Lipinski definition) is 1. The maximum atomic E-state index is 13.2. The molecule has 0 aliphatic carbocycles. The van der Waals surface area contributed by atoms with Gasteiger partial charge in [-0.25, -0.2) is 4.98 Å². The Hall–Kier alpha value is -2.40. The number of para-hydroxylation sites is 1. The molecule has 0 radical (unpaired) electrons. The fourth-order valence-electron chi connectivity index (χ4n) is 4.09. The number of nitrogens with one attached hydrogen (secondary N) is 1. The molecule has 2 unspecified atom stereocenters. The van der Waals surface area contributed by atoms with E-state index in [2.05, 4.69) is 19.4 Å². The van der Waals surface area contributed by atoms with Gasteiger partial charge in [0, 0.05) is 54.1 Å². The molecule has 2 aromatic heterocycles. The van der Waals surface area contributed by atoms with E-state index < -0.39 is 0 Å². The molecule has 25 heavy (non-hydrogen) atoms. The summed E-state index contributed by atoms with van der Waals surface area (Å²) in [5.74, 6) is 1.72. The molecule has 0 spiro atoms. The van der Waals surface area contributed by atoms with Crippen LogP contribution in [0.15, 0.2) is 36.7 Å². The Kier molecular flexibility index (Phi) is 3.96. The van der Waals surface area contributed by atoms with Crippen molar-refractivity contribution in [2.45, 2.75) is 32.2 Å². The van der Waals surface area contributed by atoms with Crippen LogP contribution in [0.25, 0.3) is 10.9 Å². The third kappa shape index (κ3) is 2.68. The van der Waals surface area contributed by atoms with Crippen LogP contribution in [0.3, 0.4) is 0 Å². The Bertz CT molecular complexity index is 923. The molecular weight excluding hydrogens is 312 g/mol. The molecule has 1 aliphatic heterocycles. The lowest BCUT2D eigenvalue weighted by molar-refractivity contribution is 0.0866. The van der Waals surface area contributed by atoms with Crippen LogP contribution in [0, 0.1) is 6.92 Å². The first kappa shape index (κ1) is 16.1. The molecule has 0 amide bonds. The first-order valence-corrected chi connectivity index (χ1v) is 8.89. The number of aryl methyl sites for hydroxylation is 2. The highest BCUT2D eigenvalue weighted by Crippen LogP contribution is 2.30. The first-order valence-electron chi connectivity index (χ1n) is 8.89. The second-order valence-corrected chi connectivity index (χ2v) is 7.09. The van der Waals surface area contributed by atoms with Crippen LogP contribution in [0.1, 0.15) is 41.1 Å². The van der Waals surface area contributed by atoms with E-state index >= 15 is 0 Å². The molecule has 0 bridgehead atoms. The summed E-state index contributed by atoms with van der Waals surface area (Å²) in [6, 6.07) is 7.91. The number of carbonyl (C=O) groups excluding carboxylic acids is 1. The Labute approximate surface area is 147 Å². The van der Waals surface area contributed by atoms with Crippen molar-refractivity contribution in [3.8, 4) is 0 Å². The molecule has 0 saturated carbocycles. The molecule has 3 heterocycles. The number of hydrogen-bond acceptors (Lipinski definition) is 3. The lowest BCUT2D eigenvalue weighted by Crippen LogP contribution is -2.37. The Morgan fingerprint density at radius 2 is 2.16 bits per heavy atom. The molecule has 1 aliphatic rings. The van der Waals surface area contributed by atoms with E-state index in [-0.39, 0.29) is 11.8 Å². The van der Waals surface area contributed by atoms with Crippen LogP contribution >= 0.6 is 0 Å². The number of Topliss-reactive ketones (excluding diaryl/α,β-unsaturated/α-hetero) is 1. The van der Waals surface area contributed by atoms with Gasteiger partial charge >= 0.3 is 0 Å². The van der Waals surface area contributed by atoms with Gasteiger partial charge in [0.1, 0.15) is 5.82 Å². The number of benzene rings is 1. The molecule has 1 N–H and O–H groups in total. The number of fused-ring (bicyclic) bond motifs is 1. The van der Waals surface area contributed by atoms with Gasteiger partial charge in [0.25, 0.3) is 0 Å². The van der Waals surface area contributed by atoms with E-state index in [1.165, 1.54) is 0 Å². The minimum atomic E-state index is -0.122. The van der Waals surface area contributed by atoms with E-state index in [9.17, 15) is 4.79 Å². The van der Waals surface area contributed by atoms with Gasteiger partial charge in [-0.2, -0.15) is 0 Å². The van der Waals surface area contributed by atoms with E-state index in [1.807, 2.05) is 57.6 Å². The smallest absolute Gasteiger partial charge is 0.182 e. The quantitative estimate of drug-likeness (QED) is 0.744. The number of aromatic amines is 1. The number of likely N-dealkylation sites (tertiary alicyclic amines) is 1. The fraction of sp³-hybridized carbons (Fsp3) is 0.400. The van der Waals surface area contributed by atoms with Crippen molar-refractivity contribution in [1.82, 2.24) is 19.4 Å². The monoisotopic (exact) mass is 336 g/mol. The molecule has 1 fully saturated rings. The van der Waals surface area contributed by atoms with Gasteiger partial charge < -0.3 is 9.55 Å². The largest absolute Gasteiger partial charge is 0.358 e. The standard InChI is InChI=1S/C20H24N4O/c1-13-18(16-6-4-5-7-17(16)22-13)19(25)14(2)24-10-8-15(12-24)20-21-9-11-23(20)3/h4-7,9,11,14-15,22H,8,10,12H2,1-3H3. The minimum absolute atomic E-state index is 0.122. The Balaban J connectivity index is 1.57. The second kappa shape index (κ2) is 6.15. The highest BCUT2D eigenvalue weighted by Gasteiger charge is 2.33. The number of nitrogens with zero attached hydrogens (tertiary/aromatic N) is 3. The summed E-state index contributed by atoms with van der Waals surface area (Å²) >= 11 is 0. The van der Waals surface area contributed by atoms with Crippen molar-refractivity contribution in [3.63, 3.8) is 0 Å². The predicted octanol–water partition coefficient (Wildman–Crippen LogP) is 3.27. The van der Waals surface area contributed by atoms with E-state index in [0.717, 1.165) is 47.5 Å². The molecule has 130 valence electrons. The van der Waals surface area contributed by atoms with Crippen molar-refractivity contribution in [1.29, 1.82) is 0 Å². The molecule has 2 atom stereocenters. The first-order chi connectivity index (χ1) is 12.1. The van der Waals surface area contributed by atoms with E-state index in [4.69, 9.17) is 0 Å². The zero-order valence-corrected chi connectivity index (χ0v) is 15.0. The summed E-state index contributed by atoms with van der Waals surface area (Å²) in [6.45, 7) is 5.84. The van der Waals surface area contributed by atoms with Gasteiger partial charge in [0.05, 0.1) is 6.04 Å². The van der Waals surface area contributed by atoms with Crippen LogP contribution in [-0.4, -0.2) is 44.3 Å². The van der Waals surface area contributed by atoms with Crippen molar-refractivity contribution in [2.24, 2.45) is 7.05 Å². The van der Waals surface area contributed by atoms with Gasteiger partial charge in [-0.05, 0) is 32.9 Å². The summed E-state index contributed by atoms with van der Waals surface area (Å²) in [5, 5.41) is 1.02. The third-order valence-electron chi connectivity index (χ3n) is 5.51. The van der Waals surface area contributed by atoms with Crippen molar-refractivity contribution < 1.29 is 4.79 Å². The van der Waals surface area contributed by atoms with Crippen molar-refractivity contribution >= 4 is 16.7 Å². The highest BCUT2D eigenvalue weighted by molar-refractivity contribution is 6.11.